The third-order valence-electron chi connectivity index (χ3n) is 2.81. The van der Waals surface area contributed by atoms with Crippen LogP contribution in [0.2, 0.25) is 0 Å². The van der Waals surface area contributed by atoms with Crippen LogP contribution in [0.3, 0.4) is 0 Å². The van der Waals surface area contributed by atoms with E-state index in [9.17, 15) is 0 Å². The van der Waals surface area contributed by atoms with E-state index in [0.29, 0.717) is 10.9 Å². The van der Waals surface area contributed by atoms with E-state index >= 15 is 0 Å². The summed E-state index contributed by atoms with van der Waals surface area (Å²) >= 11 is 5.07. The number of benzene rings is 1. The number of thiocarbonyl (C=S) groups is 1. The smallest absolute Gasteiger partial charge is 0.248 e. The van der Waals surface area contributed by atoms with Crippen LogP contribution in [0.4, 0.5) is 5.69 Å². The maximum atomic E-state index is 5.78. The number of hydrogen-bond acceptors (Lipinski definition) is 4. The van der Waals surface area contributed by atoms with Crippen molar-refractivity contribution in [3.63, 3.8) is 0 Å². The normalized spacial score (nSPS) is 20.7. The second kappa shape index (κ2) is 4.62. The van der Waals surface area contributed by atoms with E-state index in [1.807, 2.05) is 32.0 Å². The maximum Gasteiger partial charge on any atom is 0.248 e. The highest BCUT2D eigenvalue weighted by atomic mass is 32.1. The fraction of sp³-hybridized carbons (Fsp3) is 0.417. The molecular weight excluding hydrogens is 250 g/mol. The highest BCUT2D eigenvalue weighted by molar-refractivity contribution is 7.80. The minimum atomic E-state index is -0.577. The molecule has 0 saturated heterocycles. The van der Waals surface area contributed by atoms with Crippen molar-refractivity contribution in [3.8, 4) is 11.5 Å². The van der Waals surface area contributed by atoms with Gasteiger partial charge in [0, 0.05) is 32.1 Å². The first-order valence-corrected chi connectivity index (χ1v) is 6.16. The third kappa shape index (κ3) is 2.49. The summed E-state index contributed by atoms with van der Waals surface area (Å²) in [5.74, 6) is 6.42. The summed E-state index contributed by atoms with van der Waals surface area (Å²) in [4.78, 5) is 0. The highest BCUT2D eigenvalue weighted by Gasteiger charge is 2.34. The molecular formula is C12H17N3O2S. The molecule has 18 heavy (non-hydrogen) atoms. The van der Waals surface area contributed by atoms with E-state index in [2.05, 4.69) is 5.32 Å². The average molecular weight is 267 g/mol. The first-order chi connectivity index (χ1) is 8.43. The predicted molar refractivity (Wildman–Crippen MR) is 74.6 cm³/mol. The molecule has 0 spiro atoms. The van der Waals surface area contributed by atoms with Gasteiger partial charge >= 0.3 is 0 Å². The van der Waals surface area contributed by atoms with Crippen molar-refractivity contribution in [3.05, 3.63) is 18.2 Å². The molecule has 1 unspecified atom stereocenters. The fourth-order valence-corrected chi connectivity index (χ4v) is 1.71. The molecule has 1 aromatic rings. The van der Waals surface area contributed by atoms with Crippen LogP contribution in [0.1, 0.15) is 20.3 Å². The van der Waals surface area contributed by atoms with Gasteiger partial charge in [-0.05, 0) is 24.4 Å². The number of anilines is 1. The van der Waals surface area contributed by atoms with Crippen molar-refractivity contribution >= 4 is 23.0 Å². The van der Waals surface area contributed by atoms with E-state index in [1.165, 1.54) is 5.01 Å². The van der Waals surface area contributed by atoms with Gasteiger partial charge in [0.25, 0.3) is 0 Å². The lowest BCUT2D eigenvalue weighted by molar-refractivity contribution is -0.0640. The van der Waals surface area contributed by atoms with Crippen LogP contribution in [0, 0.1) is 0 Å². The Labute approximate surface area is 112 Å². The van der Waals surface area contributed by atoms with E-state index in [4.69, 9.17) is 27.5 Å². The third-order valence-corrected chi connectivity index (χ3v) is 3.20. The van der Waals surface area contributed by atoms with Gasteiger partial charge in [-0.1, -0.05) is 6.92 Å². The Hall–Kier alpha value is -1.53. The molecule has 2 rings (SSSR count). The van der Waals surface area contributed by atoms with Crippen LogP contribution >= 0.6 is 12.2 Å². The van der Waals surface area contributed by atoms with Gasteiger partial charge in [-0.25, -0.2) is 5.84 Å². The van der Waals surface area contributed by atoms with Gasteiger partial charge in [-0.2, -0.15) is 0 Å². The SMILES string of the molecule is CCC1(C)Oc2ccc(NC(=S)N(C)N)cc2O1. The van der Waals surface area contributed by atoms with E-state index in [-0.39, 0.29) is 0 Å². The van der Waals surface area contributed by atoms with Gasteiger partial charge in [0.2, 0.25) is 5.79 Å². The standard InChI is InChI=1S/C12H17N3O2S/c1-4-12(2)16-9-6-5-8(7-10(9)17-12)14-11(18)15(3)13/h5-7H,4,13H2,1-3H3,(H,14,18). The van der Waals surface area contributed by atoms with Crippen LogP contribution in [-0.2, 0) is 0 Å². The zero-order valence-electron chi connectivity index (χ0n) is 10.7. The summed E-state index contributed by atoms with van der Waals surface area (Å²) in [7, 11) is 1.68. The van der Waals surface area contributed by atoms with Gasteiger partial charge in [0.05, 0.1) is 0 Å². The van der Waals surface area contributed by atoms with Gasteiger partial charge in [0.1, 0.15) is 0 Å². The van der Waals surface area contributed by atoms with Gasteiger partial charge in [-0.3, -0.25) is 5.01 Å². The number of ether oxygens (including phenoxy) is 2. The van der Waals surface area contributed by atoms with Crippen molar-refractivity contribution < 1.29 is 9.47 Å². The molecule has 1 aliphatic rings. The Bertz CT molecular complexity index is 478. The van der Waals surface area contributed by atoms with Crippen LogP contribution in [-0.4, -0.2) is 23.0 Å². The van der Waals surface area contributed by atoms with Crippen LogP contribution in [0.15, 0.2) is 18.2 Å². The summed E-state index contributed by atoms with van der Waals surface area (Å²) in [5.41, 5.74) is 0.819. The van der Waals surface area contributed by atoms with Gasteiger partial charge < -0.3 is 14.8 Å². The number of fused-ring (bicyclic) bond motifs is 1. The minimum absolute atomic E-state index is 0.437. The Morgan fingerprint density at radius 3 is 2.72 bits per heavy atom. The monoisotopic (exact) mass is 267 g/mol. The topological polar surface area (TPSA) is 59.8 Å². The van der Waals surface area contributed by atoms with E-state index in [1.54, 1.807) is 7.05 Å². The van der Waals surface area contributed by atoms with Crippen molar-refractivity contribution in [2.45, 2.75) is 26.1 Å². The number of hydrogen-bond donors (Lipinski definition) is 2. The largest absolute Gasteiger partial charge is 0.449 e. The lowest BCUT2D eigenvalue weighted by Crippen LogP contribution is -2.36. The fourth-order valence-electron chi connectivity index (χ4n) is 1.59. The number of rotatable bonds is 2. The lowest BCUT2D eigenvalue weighted by atomic mass is 10.2. The predicted octanol–water partition coefficient (Wildman–Crippen LogP) is 2.09. The van der Waals surface area contributed by atoms with E-state index < -0.39 is 5.79 Å². The molecule has 5 nitrogen and oxygen atoms in total. The number of nitrogens with zero attached hydrogens (tertiary/aromatic N) is 1. The lowest BCUT2D eigenvalue weighted by Gasteiger charge is -2.20. The molecule has 0 aromatic heterocycles. The molecule has 1 heterocycles. The van der Waals surface area contributed by atoms with Gasteiger partial charge in [0.15, 0.2) is 16.6 Å². The molecule has 0 amide bonds. The first-order valence-electron chi connectivity index (χ1n) is 5.75. The molecule has 1 atom stereocenters. The van der Waals surface area contributed by atoms with Gasteiger partial charge in [-0.15, -0.1) is 0 Å². The number of hydrazine groups is 1. The first kappa shape index (κ1) is 12.9. The number of nitrogens with two attached hydrogens (primary N) is 1. The molecule has 1 aliphatic heterocycles. The Balaban J connectivity index is 2.16. The van der Waals surface area contributed by atoms with Crippen LogP contribution < -0.4 is 20.6 Å². The molecule has 0 bridgehead atoms. The molecule has 98 valence electrons. The molecule has 0 radical (unpaired) electrons. The summed E-state index contributed by atoms with van der Waals surface area (Å²) in [6, 6.07) is 5.59. The Morgan fingerprint density at radius 1 is 1.44 bits per heavy atom. The summed E-state index contributed by atoms with van der Waals surface area (Å²) in [6.45, 7) is 3.93. The van der Waals surface area contributed by atoms with Crippen molar-refractivity contribution in [2.24, 2.45) is 5.84 Å². The quantitative estimate of drug-likeness (QED) is 0.486. The average Bonchev–Trinajstić information content (AvgIpc) is 2.65. The second-order valence-electron chi connectivity index (χ2n) is 4.39. The van der Waals surface area contributed by atoms with Crippen molar-refractivity contribution in [1.82, 2.24) is 5.01 Å². The minimum Gasteiger partial charge on any atom is -0.449 e. The molecule has 0 aliphatic carbocycles. The highest BCUT2D eigenvalue weighted by Crippen LogP contribution is 2.41. The summed E-state index contributed by atoms with van der Waals surface area (Å²) < 4.78 is 11.5. The maximum absolute atomic E-state index is 5.78. The zero-order chi connectivity index (χ0) is 13.3. The Morgan fingerprint density at radius 2 is 2.11 bits per heavy atom. The van der Waals surface area contributed by atoms with Crippen LogP contribution in [0.5, 0.6) is 11.5 Å². The molecule has 3 N–H and O–H groups in total. The molecule has 0 saturated carbocycles. The van der Waals surface area contributed by atoms with Crippen molar-refractivity contribution in [2.75, 3.05) is 12.4 Å². The van der Waals surface area contributed by atoms with E-state index in [0.717, 1.165) is 17.9 Å². The van der Waals surface area contributed by atoms with Crippen molar-refractivity contribution in [1.29, 1.82) is 0 Å². The second-order valence-corrected chi connectivity index (χ2v) is 4.78. The molecule has 1 aromatic carbocycles. The molecule has 0 fully saturated rings. The summed E-state index contributed by atoms with van der Waals surface area (Å²) in [5, 5.41) is 4.79. The molecule has 6 heteroatoms. The Kier molecular flexibility index (Phi) is 3.32. The zero-order valence-corrected chi connectivity index (χ0v) is 11.5. The summed E-state index contributed by atoms with van der Waals surface area (Å²) in [6.07, 6.45) is 0.772. The number of nitrogens with one attached hydrogen (secondary N) is 1. The van der Waals surface area contributed by atoms with Crippen LogP contribution in [0.25, 0.3) is 0 Å².